The minimum Gasteiger partial charge on any atom is -0.248 e. The topological polar surface area (TPSA) is 17.8 Å². The van der Waals surface area contributed by atoms with E-state index in [1.807, 2.05) is 4.68 Å². The number of aromatic nitrogens is 2. The average molecular weight is 247 g/mol. The van der Waals surface area contributed by atoms with Gasteiger partial charge >= 0.3 is 0 Å². The van der Waals surface area contributed by atoms with Crippen molar-refractivity contribution in [3.63, 3.8) is 0 Å². The largest absolute Gasteiger partial charge is 0.248 e. The van der Waals surface area contributed by atoms with Crippen molar-refractivity contribution in [2.75, 3.05) is 0 Å². The molecule has 0 radical (unpaired) electrons. The van der Waals surface area contributed by atoms with Crippen LogP contribution in [0.15, 0.2) is 0 Å². The second kappa shape index (κ2) is 3.67. The summed E-state index contributed by atoms with van der Waals surface area (Å²) in [7, 11) is 0. The molecule has 1 aliphatic rings. The van der Waals surface area contributed by atoms with Gasteiger partial charge in [0.25, 0.3) is 0 Å². The van der Waals surface area contributed by atoms with E-state index in [0.29, 0.717) is 17.0 Å². The second-order valence-electron chi connectivity index (χ2n) is 5.15. The Bertz CT molecular complexity index is 373. The summed E-state index contributed by atoms with van der Waals surface area (Å²) in [5.41, 5.74) is 2.06. The minimum atomic E-state index is -0.0783. The van der Waals surface area contributed by atoms with Gasteiger partial charge in [-0.15, -0.1) is 11.6 Å². The molecule has 2 nitrogen and oxygen atoms in total. The zero-order chi connectivity index (χ0) is 11.2. The van der Waals surface area contributed by atoms with E-state index in [1.54, 1.807) is 0 Å². The van der Waals surface area contributed by atoms with Crippen molar-refractivity contribution in [2.45, 2.75) is 50.9 Å². The third-order valence-electron chi connectivity index (χ3n) is 2.68. The molecule has 84 valence electrons. The third-order valence-corrected chi connectivity index (χ3v) is 3.34. The fourth-order valence-corrected chi connectivity index (χ4v) is 2.49. The van der Waals surface area contributed by atoms with Crippen molar-refractivity contribution in [3.8, 4) is 0 Å². The first kappa shape index (κ1) is 11.3. The van der Waals surface area contributed by atoms with Gasteiger partial charge in [0, 0.05) is 11.5 Å². The molecule has 1 aliphatic carbocycles. The molecule has 0 spiro atoms. The summed E-state index contributed by atoms with van der Waals surface area (Å²) in [6.45, 7) is 6.29. The van der Waals surface area contributed by atoms with Crippen LogP contribution < -0.4 is 0 Å². The number of hydrogen-bond donors (Lipinski definition) is 0. The molecule has 0 bridgehead atoms. The van der Waals surface area contributed by atoms with Crippen LogP contribution in [-0.2, 0) is 11.4 Å². The minimum absolute atomic E-state index is 0.0783. The lowest BCUT2D eigenvalue weighted by Crippen LogP contribution is -2.23. The summed E-state index contributed by atoms with van der Waals surface area (Å²) in [4.78, 5) is 0. The van der Waals surface area contributed by atoms with Gasteiger partial charge in [-0.05, 0) is 33.6 Å². The number of rotatable bonds is 2. The summed E-state index contributed by atoms with van der Waals surface area (Å²) in [6, 6.07) is 0. The highest BCUT2D eigenvalue weighted by atomic mass is 35.5. The molecule has 4 heteroatoms. The van der Waals surface area contributed by atoms with E-state index in [-0.39, 0.29) is 5.54 Å². The van der Waals surface area contributed by atoms with Crippen LogP contribution in [0.5, 0.6) is 0 Å². The molecular formula is C11H16Cl2N2. The van der Waals surface area contributed by atoms with Crippen LogP contribution in [0.3, 0.4) is 0 Å². The van der Waals surface area contributed by atoms with Gasteiger partial charge in [-0.2, -0.15) is 5.10 Å². The average Bonchev–Trinajstić information content (AvgIpc) is 2.88. The molecule has 0 saturated heterocycles. The van der Waals surface area contributed by atoms with Crippen LogP contribution in [0, 0.1) is 0 Å². The van der Waals surface area contributed by atoms with Crippen molar-refractivity contribution in [2.24, 2.45) is 0 Å². The quantitative estimate of drug-likeness (QED) is 0.724. The lowest BCUT2D eigenvalue weighted by molar-refractivity contribution is 0.354. The maximum atomic E-state index is 6.30. The molecule has 0 N–H and O–H groups in total. The highest BCUT2D eigenvalue weighted by Gasteiger charge is 2.32. The van der Waals surface area contributed by atoms with Crippen molar-refractivity contribution >= 4 is 23.2 Å². The highest BCUT2D eigenvalue weighted by molar-refractivity contribution is 6.31. The highest BCUT2D eigenvalue weighted by Crippen LogP contribution is 2.43. The molecule has 0 unspecified atom stereocenters. The zero-order valence-electron chi connectivity index (χ0n) is 9.35. The van der Waals surface area contributed by atoms with Crippen LogP contribution in [-0.4, -0.2) is 9.78 Å². The Hall–Kier alpha value is -0.210. The van der Waals surface area contributed by atoms with Crippen molar-refractivity contribution in [1.29, 1.82) is 0 Å². The first-order valence-corrected chi connectivity index (χ1v) is 6.20. The molecule has 1 fully saturated rings. The Kier molecular flexibility index (Phi) is 2.76. The standard InChI is InChI=1S/C11H16Cl2N2/c1-11(2,3)15-10(13)8(6-12)9(14-15)7-4-5-7/h7H,4-6H2,1-3H3. The molecule has 1 aromatic rings. The number of halogens is 2. The smallest absolute Gasteiger partial charge is 0.132 e. The fraction of sp³-hybridized carbons (Fsp3) is 0.727. The predicted molar refractivity (Wildman–Crippen MR) is 63.8 cm³/mol. The second-order valence-corrected chi connectivity index (χ2v) is 5.77. The summed E-state index contributed by atoms with van der Waals surface area (Å²) >= 11 is 12.2. The summed E-state index contributed by atoms with van der Waals surface area (Å²) in [5.74, 6) is 1.06. The fourth-order valence-electron chi connectivity index (χ4n) is 1.70. The van der Waals surface area contributed by atoms with E-state index >= 15 is 0 Å². The lowest BCUT2D eigenvalue weighted by Gasteiger charge is -2.20. The molecule has 15 heavy (non-hydrogen) atoms. The van der Waals surface area contributed by atoms with E-state index in [2.05, 4.69) is 25.9 Å². The molecule has 0 aromatic carbocycles. The normalized spacial score (nSPS) is 17.1. The van der Waals surface area contributed by atoms with Crippen molar-refractivity contribution in [3.05, 3.63) is 16.4 Å². The van der Waals surface area contributed by atoms with Crippen molar-refractivity contribution in [1.82, 2.24) is 9.78 Å². The zero-order valence-corrected chi connectivity index (χ0v) is 10.9. The van der Waals surface area contributed by atoms with Gasteiger partial charge < -0.3 is 0 Å². The van der Waals surface area contributed by atoms with Gasteiger partial charge in [0.2, 0.25) is 0 Å². The third kappa shape index (κ3) is 2.02. The van der Waals surface area contributed by atoms with Gasteiger partial charge in [0.15, 0.2) is 0 Å². The molecule has 1 aromatic heterocycles. The maximum absolute atomic E-state index is 6.30. The first-order chi connectivity index (χ1) is 6.95. The maximum Gasteiger partial charge on any atom is 0.132 e. The van der Waals surface area contributed by atoms with Crippen LogP contribution in [0.4, 0.5) is 0 Å². The van der Waals surface area contributed by atoms with Gasteiger partial charge in [0.05, 0.1) is 17.1 Å². The summed E-state index contributed by atoms with van der Waals surface area (Å²) in [6.07, 6.45) is 2.45. The molecule has 2 rings (SSSR count). The van der Waals surface area contributed by atoms with E-state index in [9.17, 15) is 0 Å². The Labute approximate surface area is 101 Å². The van der Waals surface area contributed by atoms with Crippen molar-refractivity contribution < 1.29 is 0 Å². The van der Waals surface area contributed by atoms with Crippen LogP contribution in [0.1, 0.15) is 50.8 Å². The Morgan fingerprint density at radius 3 is 2.40 bits per heavy atom. The van der Waals surface area contributed by atoms with E-state index in [1.165, 1.54) is 12.8 Å². The van der Waals surface area contributed by atoms with E-state index in [0.717, 1.165) is 11.3 Å². The van der Waals surface area contributed by atoms with Gasteiger partial charge in [-0.25, -0.2) is 4.68 Å². The van der Waals surface area contributed by atoms with E-state index < -0.39 is 0 Å². The molecule has 1 saturated carbocycles. The SMILES string of the molecule is CC(C)(C)n1nc(C2CC2)c(CCl)c1Cl. The molecule has 0 amide bonds. The number of alkyl halides is 1. The molecule has 0 atom stereocenters. The van der Waals surface area contributed by atoms with Gasteiger partial charge in [-0.1, -0.05) is 11.6 Å². The molecular weight excluding hydrogens is 231 g/mol. The Morgan fingerprint density at radius 1 is 1.40 bits per heavy atom. The monoisotopic (exact) mass is 246 g/mol. The Morgan fingerprint density at radius 2 is 2.00 bits per heavy atom. The van der Waals surface area contributed by atoms with Crippen LogP contribution in [0.25, 0.3) is 0 Å². The predicted octanol–water partition coefficient (Wildman–Crippen LogP) is 3.91. The van der Waals surface area contributed by atoms with Crippen LogP contribution >= 0.6 is 23.2 Å². The summed E-state index contributed by atoms with van der Waals surface area (Å²) in [5, 5.41) is 5.32. The van der Waals surface area contributed by atoms with Gasteiger partial charge in [-0.3, -0.25) is 0 Å². The number of hydrogen-bond acceptors (Lipinski definition) is 1. The van der Waals surface area contributed by atoms with Crippen LogP contribution in [0.2, 0.25) is 5.15 Å². The Balaban J connectivity index is 2.49. The number of nitrogens with zero attached hydrogens (tertiary/aromatic N) is 2. The molecule has 0 aliphatic heterocycles. The summed E-state index contributed by atoms with van der Waals surface area (Å²) < 4.78 is 1.89. The first-order valence-electron chi connectivity index (χ1n) is 5.29. The lowest BCUT2D eigenvalue weighted by atomic mass is 10.1. The van der Waals surface area contributed by atoms with Gasteiger partial charge in [0.1, 0.15) is 5.15 Å². The molecule has 1 heterocycles. The van der Waals surface area contributed by atoms with E-state index in [4.69, 9.17) is 23.2 Å².